The van der Waals surface area contributed by atoms with E-state index < -0.39 is 4.92 Å². The number of carbonyl (C=O) groups is 1. The van der Waals surface area contributed by atoms with Crippen molar-refractivity contribution in [2.45, 2.75) is 6.92 Å². The average Bonchev–Trinajstić information content (AvgIpc) is 3.22. The molecule has 3 aromatic carbocycles. The van der Waals surface area contributed by atoms with Gasteiger partial charge in [-0.3, -0.25) is 14.9 Å². The van der Waals surface area contributed by atoms with Crippen molar-refractivity contribution in [3.63, 3.8) is 0 Å². The van der Waals surface area contributed by atoms with Crippen molar-refractivity contribution in [2.75, 3.05) is 5.32 Å². The zero-order valence-corrected chi connectivity index (χ0v) is 16.8. The monoisotopic (exact) mass is 415 g/mol. The highest BCUT2D eigenvalue weighted by molar-refractivity contribution is 7.17. The summed E-state index contributed by atoms with van der Waals surface area (Å²) in [5.74, 6) is -0.271. The molecule has 0 saturated carbocycles. The van der Waals surface area contributed by atoms with Gasteiger partial charge >= 0.3 is 0 Å². The smallest absolute Gasteiger partial charge is 0.269 e. The molecule has 148 valence electrons. The number of aryl methyl sites for hydroxylation is 1. The number of benzene rings is 3. The van der Waals surface area contributed by atoms with Crippen molar-refractivity contribution in [3.05, 3.63) is 99.4 Å². The fourth-order valence-corrected chi connectivity index (χ4v) is 3.93. The Labute approximate surface area is 177 Å². The normalized spacial score (nSPS) is 10.6. The molecule has 0 bridgehead atoms. The summed E-state index contributed by atoms with van der Waals surface area (Å²) >= 11 is 1.29. The van der Waals surface area contributed by atoms with Crippen LogP contribution in [-0.2, 0) is 0 Å². The molecule has 1 aromatic heterocycles. The number of non-ortho nitro benzene ring substituents is 1. The van der Waals surface area contributed by atoms with Gasteiger partial charge in [-0.2, -0.15) is 0 Å². The molecule has 1 amide bonds. The highest BCUT2D eigenvalue weighted by Gasteiger charge is 2.21. The van der Waals surface area contributed by atoms with E-state index in [2.05, 4.69) is 10.3 Å². The molecule has 4 aromatic rings. The quantitative estimate of drug-likeness (QED) is 0.323. The maximum absolute atomic E-state index is 13.1. The van der Waals surface area contributed by atoms with Gasteiger partial charge in [0.15, 0.2) is 0 Å². The molecule has 6 nitrogen and oxygen atoms in total. The van der Waals surface area contributed by atoms with Gasteiger partial charge in [0.2, 0.25) is 0 Å². The van der Waals surface area contributed by atoms with Crippen LogP contribution in [0.15, 0.2) is 78.9 Å². The highest BCUT2D eigenvalue weighted by atomic mass is 32.1. The van der Waals surface area contributed by atoms with Gasteiger partial charge in [0.05, 0.1) is 10.6 Å². The number of anilines is 1. The molecule has 1 heterocycles. The standard InChI is InChI=1S/C23H17N3O3S/c1-15-7-11-18(12-8-15)24-22(27)21-20(16-9-13-19(14-10-16)26(28)29)25-23(30-21)17-5-3-2-4-6-17/h2-14H,1H3,(H,24,27). The van der Waals surface area contributed by atoms with Gasteiger partial charge < -0.3 is 5.32 Å². The fourth-order valence-electron chi connectivity index (χ4n) is 2.94. The first-order chi connectivity index (χ1) is 14.5. The van der Waals surface area contributed by atoms with E-state index in [0.717, 1.165) is 11.1 Å². The third-order valence-corrected chi connectivity index (χ3v) is 5.62. The predicted molar refractivity (Wildman–Crippen MR) is 119 cm³/mol. The zero-order valence-electron chi connectivity index (χ0n) is 16.0. The molecule has 7 heteroatoms. The Bertz CT molecular complexity index is 1200. The van der Waals surface area contributed by atoms with E-state index in [1.807, 2.05) is 61.5 Å². The van der Waals surface area contributed by atoms with Crippen molar-refractivity contribution in [1.82, 2.24) is 4.98 Å². The lowest BCUT2D eigenvalue weighted by Crippen LogP contribution is -2.11. The molecule has 1 N–H and O–H groups in total. The molecule has 4 rings (SSSR count). The number of nitro benzene ring substituents is 1. The molecule has 0 unspecified atom stereocenters. The zero-order chi connectivity index (χ0) is 21.1. The Morgan fingerprint density at radius 1 is 0.933 bits per heavy atom. The first-order valence-corrected chi connectivity index (χ1v) is 10.0. The lowest BCUT2D eigenvalue weighted by molar-refractivity contribution is -0.384. The number of nitrogens with one attached hydrogen (secondary N) is 1. The van der Waals surface area contributed by atoms with Crippen LogP contribution in [0.2, 0.25) is 0 Å². The number of amides is 1. The molecule has 30 heavy (non-hydrogen) atoms. The van der Waals surface area contributed by atoms with E-state index in [9.17, 15) is 14.9 Å². The van der Waals surface area contributed by atoms with E-state index in [1.165, 1.54) is 23.5 Å². The van der Waals surface area contributed by atoms with E-state index in [-0.39, 0.29) is 11.6 Å². The molecule has 0 aliphatic rings. The topological polar surface area (TPSA) is 85.1 Å². The summed E-state index contributed by atoms with van der Waals surface area (Å²) in [6.45, 7) is 1.98. The van der Waals surface area contributed by atoms with Gasteiger partial charge in [0, 0.05) is 28.9 Å². The summed E-state index contributed by atoms with van der Waals surface area (Å²) in [7, 11) is 0. The van der Waals surface area contributed by atoms with Crippen LogP contribution in [0.25, 0.3) is 21.8 Å². The van der Waals surface area contributed by atoms with Crippen molar-refractivity contribution >= 4 is 28.6 Å². The number of carbonyl (C=O) groups excluding carboxylic acids is 1. The van der Waals surface area contributed by atoms with E-state index >= 15 is 0 Å². The van der Waals surface area contributed by atoms with Crippen LogP contribution in [0.1, 0.15) is 15.2 Å². The second kappa shape index (κ2) is 8.26. The second-order valence-corrected chi connectivity index (χ2v) is 7.69. The molecular formula is C23H17N3O3S. The van der Waals surface area contributed by atoms with Gasteiger partial charge in [0.25, 0.3) is 11.6 Å². The Balaban J connectivity index is 1.75. The molecule has 0 spiro atoms. The van der Waals surface area contributed by atoms with Gasteiger partial charge in [0.1, 0.15) is 9.88 Å². The summed E-state index contributed by atoms with van der Waals surface area (Å²) in [5, 5.41) is 14.6. The third-order valence-electron chi connectivity index (χ3n) is 4.52. The van der Waals surface area contributed by atoms with Crippen molar-refractivity contribution in [3.8, 4) is 21.8 Å². The van der Waals surface area contributed by atoms with Crippen LogP contribution >= 0.6 is 11.3 Å². The van der Waals surface area contributed by atoms with Gasteiger partial charge in [-0.05, 0) is 31.2 Å². The first kappa shape index (κ1) is 19.5. The number of thiazole rings is 1. The number of rotatable bonds is 5. The molecule has 0 aliphatic heterocycles. The summed E-state index contributed by atoms with van der Waals surface area (Å²) in [4.78, 5) is 28.7. The maximum Gasteiger partial charge on any atom is 0.269 e. The Morgan fingerprint density at radius 2 is 1.60 bits per heavy atom. The number of hydrogen-bond donors (Lipinski definition) is 1. The average molecular weight is 415 g/mol. The highest BCUT2D eigenvalue weighted by Crippen LogP contribution is 2.35. The SMILES string of the molecule is Cc1ccc(NC(=O)c2sc(-c3ccccc3)nc2-c2ccc([N+](=O)[O-])cc2)cc1. The molecule has 0 radical (unpaired) electrons. The predicted octanol–water partition coefficient (Wildman–Crippen LogP) is 5.95. The van der Waals surface area contributed by atoms with Gasteiger partial charge in [-0.15, -0.1) is 11.3 Å². The van der Waals surface area contributed by atoms with Crippen LogP contribution in [0, 0.1) is 17.0 Å². The minimum Gasteiger partial charge on any atom is -0.321 e. The van der Waals surface area contributed by atoms with Crippen molar-refractivity contribution in [1.29, 1.82) is 0 Å². The summed E-state index contributed by atoms with van der Waals surface area (Å²) in [6.07, 6.45) is 0. The Hall–Kier alpha value is -3.84. The van der Waals surface area contributed by atoms with Crippen LogP contribution < -0.4 is 5.32 Å². The van der Waals surface area contributed by atoms with Crippen molar-refractivity contribution in [2.24, 2.45) is 0 Å². The second-order valence-electron chi connectivity index (χ2n) is 6.69. The van der Waals surface area contributed by atoms with E-state index in [1.54, 1.807) is 12.1 Å². The maximum atomic E-state index is 13.1. The largest absolute Gasteiger partial charge is 0.321 e. The van der Waals surface area contributed by atoms with Gasteiger partial charge in [-0.25, -0.2) is 4.98 Å². The number of hydrogen-bond acceptors (Lipinski definition) is 5. The third kappa shape index (κ3) is 4.11. The summed E-state index contributed by atoms with van der Waals surface area (Å²) in [5.41, 5.74) is 3.83. The van der Waals surface area contributed by atoms with E-state index in [4.69, 9.17) is 0 Å². The minimum atomic E-state index is -0.453. The van der Waals surface area contributed by atoms with Crippen LogP contribution in [0.3, 0.4) is 0 Å². The fraction of sp³-hybridized carbons (Fsp3) is 0.0435. The Kier molecular flexibility index (Phi) is 5.36. The van der Waals surface area contributed by atoms with E-state index in [0.29, 0.717) is 26.8 Å². The first-order valence-electron chi connectivity index (χ1n) is 9.20. The number of nitrogens with zero attached hydrogens (tertiary/aromatic N) is 2. The molecule has 0 aliphatic carbocycles. The summed E-state index contributed by atoms with van der Waals surface area (Å²) < 4.78 is 0. The van der Waals surface area contributed by atoms with Crippen molar-refractivity contribution < 1.29 is 9.72 Å². The molecule has 0 atom stereocenters. The number of aromatic nitrogens is 1. The lowest BCUT2D eigenvalue weighted by atomic mass is 10.1. The molecule has 0 fully saturated rings. The summed E-state index contributed by atoms with van der Waals surface area (Å²) in [6, 6.07) is 23.2. The number of nitro groups is 1. The van der Waals surface area contributed by atoms with Crippen LogP contribution in [0.5, 0.6) is 0 Å². The molecule has 0 saturated heterocycles. The minimum absolute atomic E-state index is 0.0112. The van der Waals surface area contributed by atoms with Crippen LogP contribution in [0.4, 0.5) is 11.4 Å². The molecular weight excluding hydrogens is 398 g/mol. The van der Waals surface area contributed by atoms with Crippen LogP contribution in [-0.4, -0.2) is 15.8 Å². The lowest BCUT2D eigenvalue weighted by Gasteiger charge is -2.06. The Morgan fingerprint density at radius 3 is 2.23 bits per heavy atom. The van der Waals surface area contributed by atoms with Gasteiger partial charge in [-0.1, -0.05) is 48.0 Å².